The Morgan fingerprint density at radius 1 is 1.31 bits per heavy atom. The minimum Gasteiger partial charge on any atom is -0.319 e. The highest BCUT2D eigenvalue weighted by atomic mass is 14.8. The molecule has 1 rings (SSSR count). The van der Waals surface area contributed by atoms with Gasteiger partial charge in [0, 0.05) is 0 Å². The molecular weight excluding hydrogens is 158 g/mol. The molecule has 1 fully saturated rings. The van der Waals surface area contributed by atoms with E-state index in [1.807, 2.05) is 0 Å². The fraction of sp³-hybridized carbons (Fsp3) is 0.833. The van der Waals surface area contributed by atoms with Gasteiger partial charge in [0.2, 0.25) is 0 Å². The Morgan fingerprint density at radius 2 is 2.00 bits per heavy atom. The van der Waals surface area contributed by atoms with Crippen LogP contribution in [0.3, 0.4) is 0 Å². The maximum absolute atomic E-state index is 3.80. The minimum absolute atomic E-state index is 0.929. The summed E-state index contributed by atoms with van der Waals surface area (Å²) in [5, 5.41) is 3.32. The van der Waals surface area contributed by atoms with E-state index in [1.165, 1.54) is 45.1 Å². The van der Waals surface area contributed by atoms with Crippen molar-refractivity contribution in [2.24, 2.45) is 11.8 Å². The minimum atomic E-state index is 0.929. The number of hydrogen-bond donors (Lipinski definition) is 1. The van der Waals surface area contributed by atoms with Crippen molar-refractivity contribution in [3.8, 4) is 0 Å². The van der Waals surface area contributed by atoms with E-state index in [2.05, 4.69) is 25.0 Å². The summed E-state index contributed by atoms with van der Waals surface area (Å²) in [6.45, 7) is 5.01. The van der Waals surface area contributed by atoms with Gasteiger partial charge in [-0.2, -0.15) is 0 Å². The van der Waals surface area contributed by atoms with Gasteiger partial charge in [-0.1, -0.05) is 25.3 Å². The standard InChI is InChI=1S/C12H23N/c1-3-4-7-11-8-5-6-9-12(11)10-13-2/h3,11-13H,1,4-10H2,2H3. The van der Waals surface area contributed by atoms with Crippen molar-refractivity contribution in [2.75, 3.05) is 13.6 Å². The molecule has 0 heterocycles. The van der Waals surface area contributed by atoms with E-state index in [9.17, 15) is 0 Å². The summed E-state index contributed by atoms with van der Waals surface area (Å²) in [5.74, 6) is 1.89. The van der Waals surface area contributed by atoms with Crippen molar-refractivity contribution in [1.29, 1.82) is 0 Å². The Kier molecular flexibility index (Phi) is 5.14. The number of nitrogens with one attached hydrogen (secondary N) is 1. The average Bonchev–Trinajstić information content (AvgIpc) is 2.17. The molecule has 0 aromatic rings. The maximum Gasteiger partial charge on any atom is -0.00209 e. The first kappa shape index (κ1) is 10.8. The molecule has 0 spiro atoms. The lowest BCUT2D eigenvalue weighted by molar-refractivity contribution is 0.222. The molecule has 0 radical (unpaired) electrons. The highest BCUT2D eigenvalue weighted by Gasteiger charge is 2.23. The number of allylic oxidation sites excluding steroid dienone is 1. The molecule has 1 aliphatic carbocycles. The van der Waals surface area contributed by atoms with Crippen molar-refractivity contribution < 1.29 is 0 Å². The lowest BCUT2D eigenvalue weighted by Gasteiger charge is -2.31. The summed E-state index contributed by atoms with van der Waals surface area (Å²) < 4.78 is 0. The van der Waals surface area contributed by atoms with Crippen molar-refractivity contribution in [3.63, 3.8) is 0 Å². The maximum atomic E-state index is 3.80. The highest BCUT2D eigenvalue weighted by molar-refractivity contribution is 4.79. The molecule has 0 saturated heterocycles. The molecule has 0 bridgehead atoms. The Hall–Kier alpha value is -0.300. The van der Waals surface area contributed by atoms with Gasteiger partial charge in [0.05, 0.1) is 0 Å². The second-order valence-corrected chi connectivity index (χ2v) is 4.23. The molecule has 76 valence electrons. The van der Waals surface area contributed by atoms with Crippen LogP contribution in [-0.2, 0) is 0 Å². The van der Waals surface area contributed by atoms with Crippen molar-refractivity contribution in [2.45, 2.75) is 38.5 Å². The van der Waals surface area contributed by atoms with Gasteiger partial charge in [-0.25, -0.2) is 0 Å². The molecule has 0 aromatic heterocycles. The first-order chi connectivity index (χ1) is 6.38. The van der Waals surface area contributed by atoms with Crippen LogP contribution in [0.1, 0.15) is 38.5 Å². The normalized spacial score (nSPS) is 28.7. The van der Waals surface area contributed by atoms with Crippen LogP contribution in [0.4, 0.5) is 0 Å². The van der Waals surface area contributed by atoms with Gasteiger partial charge in [-0.3, -0.25) is 0 Å². The zero-order valence-electron chi connectivity index (χ0n) is 8.89. The Balaban J connectivity index is 2.31. The van der Waals surface area contributed by atoms with Gasteiger partial charge in [0.25, 0.3) is 0 Å². The van der Waals surface area contributed by atoms with Crippen LogP contribution in [0.15, 0.2) is 12.7 Å². The topological polar surface area (TPSA) is 12.0 Å². The summed E-state index contributed by atoms with van der Waals surface area (Å²) in [6, 6.07) is 0. The van der Waals surface area contributed by atoms with E-state index in [0.717, 1.165) is 11.8 Å². The molecule has 1 heteroatoms. The molecule has 2 atom stereocenters. The third-order valence-corrected chi connectivity index (χ3v) is 3.27. The Bertz CT molecular complexity index is 140. The third-order valence-electron chi connectivity index (χ3n) is 3.27. The molecule has 0 amide bonds. The fourth-order valence-electron chi connectivity index (χ4n) is 2.53. The fourth-order valence-corrected chi connectivity index (χ4v) is 2.53. The van der Waals surface area contributed by atoms with Gasteiger partial charge < -0.3 is 5.32 Å². The van der Waals surface area contributed by atoms with Crippen LogP contribution in [0.5, 0.6) is 0 Å². The van der Waals surface area contributed by atoms with E-state index in [-0.39, 0.29) is 0 Å². The van der Waals surface area contributed by atoms with Crippen LogP contribution in [0.2, 0.25) is 0 Å². The van der Waals surface area contributed by atoms with Gasteiger partial charge >= 0.3 is 0 Å². The lowest BCUT2D eigenvalue weighted by atomic mass is 9.77. The predicted molar refractivity (Wildman–Crippen MR) is 58.8 cm³/mol. The Morgan fingerprint density at radius 3 is 2.62 bits per heavy atom. The SMILES string of the molecule is C=CCCC1CCCCC1CNC. The number of hydrogen-bond acceptors (Lipinski definition) is 1. The molecule has 2 unspecified atom stereocenters. The van der Waals surface area contributed by atoms with Gasteiger partial charge in [-0.15, -0.1) is 6.58 Å². The molecule has 0 aromatic carbocycles. The summed E-state index contributed by atoms with van der Waals surface area (Å²) in [7, 11) is 2.07. The van der Waals surface area contributed by atoms with E-state index in [0.29, 0.717) is 0 Å². The van der Waals surface area contributed by atoms with Gasteiger partial charge in [-0.05, 0) is 44.7 Å². The van der Waals surface area contributed by atoms with Crippen molar-refractivity contribution >= 4 is 0 Å². The van der Waals surface area contributed by atoms with E-state index < -0.39 is 0 Å². The van der Waals surface area contributed by atoms with E-state index >= 15 is 0 Å². The van der Waals surface area contributed by atoms with Crippen molar-refractivity contribution in [3.05, 3.63) is 12.7 Å². The summed E-state index contributed by atoms with van der Waals surface area (Å²) in [5.41, 5.74) is 0. The van der Waals surface area contributed by atoms with Crippen LogP contribution in [-0.4, -0.2) is 13.6 Å². The molecule has 1 aliphatic rings. The second kappa shape index (κ2) is 6.20. The molecule has 0 aliphatic heterocycles. The zero-order chi connectivity index (χ0) is 9.52. The van der Waals surface area contributed by atoms with Crippen LogP contribution < -0.4 is 5.32 Å². The zero-order valence-corrected chi connectivity index (χ0v) is 8.89. The van der Waals surface area contributed by atoms with Crippen molar-refractivity contribution in [1.82, 2.24) is 5.32 Å². The van der Waals surface area contributed by atoms with Crippen LogP contribution >= 0.6 is 0 Å². The summed E-state index contributed by atoms with van der Waals surface area (Å²) >= 11 is 0. The van der Waals surface area contributed by atoms with Crippen LogP contribution in [0.25, 0.3) is 0 Å². The molecule has 1 nitrogen and oxygen atoms in total. The summed E-state index contributed by atoms with van der Waals surface area (Å²) in [4.78, 5) is 0. The average molecular weight is 181 g/mol. The quantitative estimate of drug-likeness (QED) is 0.643. The smallest absolute Gasteiger partial charge is 0.00209 e. The Labute approximate surface area is 82.6 Å². The molecule has 13 heavy (non-hydrogen) atoms. The van der Waals surface area contributed by atoms with Gasteiger partial charge in [0.1, 0.15) is 0 Å². The number of rotatable bonds is 5. The summed E-state index contributed by atoms with van der Waals surface area (Å²) in [6.07, 6.45) is 10.4. The predicted octanol–water partition coefficient (Wildman–Crippen LogP) is 2.98. The molecular formula is C12H23N. The first-order valence-corrected chi connectivity index (χ1v) is 5.64. The lowest BCUT2D eigenvalue weighted by Crippen LogP contribution is -2.28. The largest absolute Gasteiger partial charge is 0.319 e. The highest BCUT2D eigenvalue weighted by Crippen LogP contribution is 2.32. The monoisotopic (exact) mass is 181 g/mol. The molecule has 1 saturated carbocycles. The van der Waals surface area contributed by atoms with E-state index in [4.69, 9.17) is 0 Å². The van der Waals surface area contributed by atoms with Gasteiger partial charge in [0.15, 0.2) is 0 Å². The van der Waals surface area contributed by atoms with Crippen LogP contribution in [0, 0.1) is 11.8 Å². The second-order valence-electron chi connectivity index (χ2n) is 4.23. The molecule has 1 N–H and O–H groups in total. The first-order valence-electron chi connectivity index (χ1n) is 5.64. The van der Waals surface area contributed by atoms with E-state index in [1.54, 1.807) is 0 Å². The third kappa shape index (κ3) is 3.51.